The molecule has 2 aromatic heterocycles. The van der Waals surface area contributed by atoms with E-state index in [2.05, 4.69) is 32.4 Å². The highest BCUT2D eigenvalue weighted by Crippen LogP contribution is 2.21. The van der Waals surface area contributed by atoms with E-state index in [0.717, 1.165) is 23.2 Å². The molecule has 0 radical (unpaired) electrons. The van der Waals surface area contributed by atoms with Crippen molar-refractivity contribution in [2.45, 2.75) is 39.2 Å². The zero-order chi connectivity index (χ0) is 19.5. The van der Waals surface area contributed by atoms with Crippen molar-refractivity contribution in [1.29, 1.82) is 0 Å². The van der Waals surface area contributed by atoms with Crippen LogP contribution in [0.25, 0.3) is 16.9 Å². The van der Waals surface area contributed by atoms with Crippen LogP contribution in [-0.4, -0.2) is 56.5 Å². The number of pyridine rings is 1. The summed E-state index contributed by atoms with van der Waals surface area (Å²) >= 11 is 0. The van der Waals surface area contributed by atoms with E-state index in [0.29, 0.717) is 23.8 Å². The molecular weight excluding hydrogens is 352 g/mol. The third-order valence-electron chi connectivity index (χ3n) is 5.60. The van der Waals surface area contributed by atoms with Gasteiger partial charge >= 0.3 is 0 Å². The first kappa shape index (κ1) is 18.6. The molecule has 1 atom stereocenters. The van der Waals surface area contributed by atoms with Gasteiger partial charge in [0, 0.05) is 24.3 Å². The summed E-state index contributed by atoms with van der Waals surface area (Å²) < 4.78 is 1.69. The number of hydrogen-bond acceptors (Lipinski definition) is 5. The lowest BCUT2D eigenvalue weighted by atomic mass is 10.1. The minimum absolute atomic E-state index is 0.0506. The number of carbonyl (C=O) groups is 1. The molecule has 0 spiro atoms. The molecule has 1 fully saturated rings. The topological polar surface area (TPSA) is 75.9 Å². The molecule has 0 aliphatic carbocycles. The highest BCUT2D eigenvalue weighted by atomic mass is 16.1. The van der Waals surface area contributed by atoms with Crippen LogP contribution >= 0.6 is 0 Å². The average Bonchev–Trinajstić information content (AvgIpc) is 3.38. The van der Waals surface area contributed by atoms with Gasteiger partial charge in [-0.2, -0.15) is 4.68 Å². The van der Waals surface area contributed by atoms with Gasteiger partial charge < -0.3 is 10.2 Å². The van der Waals surface area contributed by atoms with E-state index in [1.165, 1.54) is 25.9 Å². The van der Waals surface area contributed by atoms with Crippen LogP contribution in [0.2, 0.25) is 0 Å². The molecule has 7 nitrogen and oxygen atoms in total. The van der Waals surface area contributed by atoms with Crippen molar-refractivity contribution in [3.8, 4) is 5.69 Å². The second kappa shape index (κ2) is 8.06. The number of fused-ring (bicyclic) bond motifs is 1. The third kappa shape index (κ3) is 3.62. The molecule has 4 rings (SSSR count). The Morgan fingerprint density at radius 2 is 2.04 bits per heavy atom. The Morgan fingerprint density at radius 3 is 2.86 bits per heavy atom. The molecule has 28 heavy (non-hydrogen) atoms. The number of carbonyl (C=O) groups excluding carboxylic acids is 1. The standard InChI is InChI=1S/C21H26N6O/c1-15(26-13-3-4-14-26)10-12-23-21(28)17-7-5-9-19(16(17)2)27-20-18(24-25-27)8-6-11-22-20/h5-9,11,15H,3-4,10,12-14H2,1-2H3,(H,23,28)/t15-/m1/s1. The third-order valence-corrected chi connectivity index (χ3v) is 5.60. The van der Waals surface area contributed by atoms with Crippen LogP contribution in [0.15, 0.2) is 36.5 Å². The fourth-order valence-corrected chi connectivity index (χ4v) is 3.88. The van der Waals surface area contributed by atoms with Gasteiger partial charge in [0.25, 0.3) is 5.91 Å². The summed E-state index contributed by atoms with van der Waals surface area (Å²) in [4.78, 5) is 19.6. The maximum Gasteiger partial charge on any atom is 0.251 e. The van der Waals surface area contributed by atoms with Gasteiger partial charge in [-0.15, -0.1) is 5.10 Å². The maximum absolute atomic E-state index is 12.8. The van der Waals surface area contributed by atoms with Crippen LogP contribution in [0.1, 0.15) is 42.1 Å². The SMILES string of the molecule is Cc1c(C(=O)NCC[C@@H](C)N2CCCC2)cccc1-n1nnc2cccnc21. The Kier molecular flexibility index (Phi) is 5.34. The minimum Gasteiger partial charge on any atom is -0.352 e. The Balaban J connectivity index is 1.48. The summed E-state index contributed by atoms with van der Waals surface area (Å²) in [6.07, 6.45) is 5.25. The number of rotatable bonds is 6. The number of likely N-dealkylation sites (tertiary alicyclic amines) is 1. The zero-order valence-electron chi connectivity index (χ0n) is 16.4. The van der Waals surface area contributed by atoms with Gasteiger partial charge in [-0.05, 0) is 76.0 Å². The Bertz CT molecular complexity index is 976. The van der Waals surface area contributed by atoms with E-state index in [1.54, 1.807) is 10.9 Å². The molecule has 1 aliphatic heterocycles. The van der Waals surface area contributed by atoms with Crippen molar-refractivity contribution in [1.82, 2.24) is 30.2 Å². The summed E-state index contributed by atoms with van der Waals surface area (Å²) in [5.41, 5.74) is 3.76. The van der Waals surface area contributed by atoms with Gasteiger partial charge in [0.2, 0.25) is 0 Å². The van der Waals surface area contributed by atoms with Gasteiger partial charge in [0.05, 0.1) is 5.69 Å². The Morgan fingerprint density at radius 1 is 1.21 bits per heavy atom. The van der Waals surface area contributed by atoms with Crippen molar-refractivity contribution in [2.75, 3.05) is 19.6 Å². The average molecular weight is 378 g/mol. The molecule has 1 amide bonds. The number of benzene rings is 1. The van der Waals surface area contributed by atoms with Gasteiger partial charge in [0.1, 0.15) is 5.52 Å². The fraction of sp³-hybridized carbons (Fsp3) is 0.429. The molecule has 3 heterocycles. The second-order valence-corrected chi connectivity index (χ2v) is 7.43. The van der Waals surface area contributed by atoms with Crippen molar-refractivity contribution < 1.29 is 4.79 Å². The monoisotopic (exact) mass is 378 g/mol. The normalized spacial score (nSPS) is 15.8. The van der Waals surface area contributed by atoms with E-state index in [9.17, 15) is 4.79 Å². The predicted octanol–water partition coefficient (Wildman–Crippen LogP) is 2.73. The van der Waals surface area contributed by atoms with Crippen LogP contribution in [-0.2, 0) is 0 Å². The van der Waals surface area contributed by atoms with Crippen molar-refractivity contribution in [3.05, 3.63) is 47.7 Å². The van der Waals surface area contributed by atoms with E-state index < -0.39 is 0 Å². The lowest BCUT2D eigenvalue weighted by Gasteiger charge is -2.23. The highest BCUT2D eigenvalue weighted by molar-refractivity contribution is 5.96. The predicted molar refractivity (Wildman–Crippen MR) is 109 cm³/mol. The number of hydrogen-bond donors (Lipinski definition) is 1. The molecule has 0 bridgehead atoms. The molecule has 7 heteroatoms. The van der Waals surface area contributed by atoms with Crippen LogP contribution in [0.4, 0.5) is 0 Å². The van der Waals surface area contributed by atoms with Gasteiger partial charge in [0.15, 0.2) is 5.65 Å². The summed E-state index contributed by atoms with van der Waals surface area (Å²) in [5, 5.41) is 11.5. The lowest BCUT2D eigenvalue weighted by molar-refractivity contribution is 0.0949. The number of aromatic nitrogens is 4. The van der Waals surface area contributed by atoms with Crippen LogP contribution in [0, 0.1) is 6.92 Å². The lowest BCUT2D eigenvalue weighted by Crippen LogP contribution is -2.34. The first-order chi connectivity index (χ1) is 13.6. The molecule has 1 N–H and O–H groups in total. The smallest absolute Gasteiger partial charge is 0.251 e. The number of nitrogens with zero attached hydrogens (tertiary/aromatic N) is 5. The quantitative estimate of drug-likeness (QED) is 0.714. The number of amides is 1. The second-order valence-electron chi connectivity index (χ2n) is 7.43. The van der Waals surface area contributed by atoms with Crippen molar-refractivity contribution in [2.24, 2.45) is 0 Å². The van der Waals surface area contributed by atoms with Crippen molar-refractivity contribution >= 4 is 17.1 Å². The molecule has 1 aromatic carbocycles. The molecular formula is C21H26N6O. The van der Waals surface area contributed by atoms with E-state index in [4.69, 9.17) is 0 Å². The van der Waals surface area contributed by atoms with Crippen molar-refractivity contribution in [3.63, 3.8) is 0 Å². The largest absolute Gasteiger partial charge is 0.352 e. The van der Waals surface area contributed by atoms with Gasteiger partial charge in [-0.3, -0.25) is 4.79 Å². The van der Waals surface area contributed by atoms with Crippen LogP contribution in [0.3, 0.4) is 0 Å². The van der Waals surface area contributed by atoms with E-state index in [1.807, 2.05) is 37.3 Å². The number of nitrogens with one attached hydrogen (secondary N) is 1. The molecule has 0 unspecified atom stereocenters. The molecule has 146 valence electrons. The molecule has 1 aliphatic rings. The van der Waals surface area contributed by atoms with Crippen LogP contribution < -0.4 is 5.32 Å². The van der Waals surface area contributed by atoms with Gasteiger partial charge in [-0.1, -0.05) is 11.3 Å². The zero-order valence-corrected chi connectivity index (χ0v) is 16.4. The molecule has 3 aromatic rings. The Hall–Kier alpha value is -2.80. The Labute approximate surface area is 164 Å². The van der Waals surface area contributed by atoms with Crippen LogP contribution in [0.5, 0.6) is 0 Å². The maximum atomic E-state index is 12.8. The first-order valence-corrected chi connectivity index (χ1v) is 9.94. The molecule has 0 saturated carbocycles. The molecule has 1 saturated heterocycles. The summed E-state index contributed by atoms with van der Waals surface area (Å²) in [6.45, 7) is 7.21. The van der Waals surface area contributed by atoms with E-state index in [-0.39, 0.29) is 5.91 Å². The summed E-state index contributed by atoms with van der Waals surface area (Å²) in [7, 11) is 0. The highest BCUT2D eigenvalue weighted by Gasteiger charge is 2.19. The summed E-state index contributed by atoms with van der Waals surface area (Å²) in [6, 6.07) is 9.87. The summed E-state index contributed by atoms with van der Waals surface area (Å²) in [5.74, 6) is -0.0506. The minimum atomic E-state index is -0.0506. The fourth-order valence-electron chi connectivity index (χ4n) is 3.88. The first-order valence-electron chi connectivity index (χ1n) is 9.94. The van der Waals surface area contributed by atoms with Gasteiger partial charge in [-0.25, -0.2) is 4.98 Å². The van der Waals surface area contributed by atoms with E-state index >= 15 is 0 Å².